The molecule has 0 unspecified atom stereocenters. The maximum Gasteiger partial charge on any atom is 0.273 e. The van der Waals surface area contributed by atoms with Gasteiger partial charge in [-0.05, 0) is 24.3 Å². The van der Waals surface area contributed by atoms with Gasteiger partial charge in [0.25, 0.3) is 5.91 Å². The van der Waals surface area contributed by atoms with Crippen LogP contribution in [-0.4, -0.2) is 38.6 Å². The minimum Gasteiger partial charge on any atom is -0.376 e. The Kier molecular flexibility index (Phi) is 4.98. The van der Waals surface area contributed by atoms with Crippen LogP contribution < -0.4 is 15.4 Å². The van der Waals surface area contributed by atoms with Crippen LogP contribution in [0.4, 0.5) is 11.4 Å². The van der Waals surface area contributed by atoms with Gasteiger partial charge >= 0.3 is 0 Å². The highest BCUT2D eigenvalue weighted by atomic mass is 32.2. The number of H-pyrrole nitrogens is 1. The second-order valence-electron chi connectivity index (χ2n) is 6.11. The van der Waals surface area contributed by atoms with E-state index in [0.717, 1.165) is 5.56 Å². The topological polar surface area (TPSA) is 121 Å². The van der Waals surface area contributed by atoms with Crippen molar-refractivity contribution < 1.29 is 13.2 Å². The molecular weight excluding hydrogens is 366 g/mol. The van der Waals surface area contributed by atoms with Crippen molar-refractivity contribution >= 4 is 27.3 Å². The molecule has 0 saturated carbocycles. The molecular formula is C18H19N5O3S. The highest BCUT2D eigenvalue weighted by Gasteiger charge is 2.17. The number of primary sulfonamides is 1. The van der Waals surface area contributed by atoms with E-state index in [1.807, 2.05) is 30.3 Å². The van der Waals surface area contributed by atoms with Crippen molar-refractivity contribution in [1.82, 2.24) is 10.2 Å². The molecule has 0 atom stereocenters. The van der Waals surface area contributed by atoms with Gasteiger partial charge in [0.05, 0.1) is 22.0 Å². The molecule has 9 heteroatoms. The smallest absolute Gasteiger partial charge is 0.273 e. The van der Waals surface area contributed by atoms with Gasteiger partial charge < -0.3 is 10.2 Å². The Bertz CT molecular complexity index is 1080. The minimum absolute atomic E-state index is 0.0852. The Morgan fingerprint density at radius 2 is 1.81 bits per heavy atom. The summed E-state index contributed by atoms with van der Waals surface area (Å²) in [6.07, 6.45) is 0. The lowest BCUT2D eigenvalue weighted by molar-refractivity contribution is 0.102. The fourth-order valence-electron chi connectivity index (χ4n) is 2.57. The van der Waals surface area contributed by atoms with E-state index in [0.29, 0.717) is 17.1 Å². The highest BCUT2D eigenvalue weighted by Crippen LogP contribution is 2.28. The van der Waals surface area contributed by atoms with Crippen LogP contribution in [-0.2, 0) is 10.0 Å². The van der Waals surface area contributed by atoms with Gasteiger partial charge in [-0.15, -0.1) is 0 Å². The van der Waals surface area contributed by atoms with Gasteiger partial charge in [-0.3, -0.25) is 9.89 Å². The maximum atomic E-state index is 12.6. The van der Waals surface area contributed by atoms with Crippen LogP contribution in [0.2, 0.25) is 0 Å². The van der Waals surface area contributed by atoms with Crippen LogP contribution in [0, 0.1) is 0 Å². The molecule has 1 heterocycles. The van der Waals surface area contributed by atoms with E-state index < -0.39 is 15.9 Å². The summed E-state index contributed by atoms with van der Waals surface area (Å²) in [5.74, 6) is -0.445. The molecule has 140 valence electrons. The fourth-order valence-corrected chi connectivity index (χ4v) is 3.11. The number of aromatic nitrogens is 2. The summed E-state index contributed by atoms with van der Waals surface area (Å²) in [6, 6.07) is 15.4. The predicted octanol–water partition coefficient (Wildman–Crippen LogP) is 2.04. The van der Waals surface area contributed by atoms with E-state index >= 15 is 0 Å². The number of nitrogens with one attached hydrogen (secondary N) is 2. The van der Waals surface area contributed by atoms with Crippen molar-refractivity contribution in [2.45, 2.75) is 4.90 Å². The van der Waals surface area contributed by atoms with E-state index in [1.54, 1.807) is 31.1 Å². The molecule has 3 aromatic rings. The highest BCUT2D eigenvalue weighted by molar-refractivity contribution is 7.89. The number of benzene rings is 2. The molecule has 1 amide bonds. The molecule has 3 rings (SSSR count). The number of nitrogens with two attached hydrogens (primary N) is 1. The molecule has 0 saturated heterocycles. The van der Waals surface area contributed by atoms with Crippen molar-refractivity contribution in [2.24, 2.45) is 5.14 Å². The molecule has 4 N–H and O–H groups in total. The SMILES string of the molecule is CN(C)c1ccc(S(N)(=O)=O)cc1NC(=O)c1cc(-c2ccccc2)n[nH]1. The molecule has 0 aliphatic carbocycles. The van der Waals surface area contributed by atoms with Gasteiger partial charge in [0.15, 0.2) is 0 Å². The molecule has 0 radical (unpaired) electrons. The van der Waals surface area contributed by atoms with Gasteiger partial charge in [-0.1, -0.05) is 30.3 Å². The average Bonchev–Trinajstić information content (AvgIpc) is 3.12. The third-order valence-electron chi connectivity index (χ3n) is 3.92. The zero-order valence-corrected chi connectivity index (χ0v) is 15.6. The van der Waals surface area contributed by atoms with Crippen molar-refractivity contribution in [2.75, 3.05) is 24.3 Å². The van der Waals surface area contributed by atoms with E-state index in [4.69, 9.17) is 5.14 Å². The second-order valence-corrected chi connectivity index (χ2v) is 7.67. The van der Waals surface area contributed by atoms with Gasteiger partial charge in [-0.2, -0.15) is 5.10 Å². The number of hydrogen-bond donors (Lipinski definition) is 3. The van der Waals surface area contributed by atoms with Crippen molar-refractivity contribution in [3.8, 4) is 11.3 Å². The summed E-state index contributed by atoms with van der Waals surface area (Å²) in [6.45, 7) is 0. The number of aromatic amines is 1. The Morgan fingerprint density at radius 3 is 2.44 bits per heavy atom. The second kappa shape index (κ2) is 7.22. The van der Waals surface area contributed by atoms with Crippen LogP contribution in [0.5, 0.6) is 0 Å². The van der Waals surface area contributed by atoms with Crippen LogP contribution in [0.25, 0.3) is 11.3 Å². The molecule has 0 bridgehead atoms. The number of sulfonamides is 1. The summed E-state index contributed by atoms with van der Waals surface area (Å²) in [5.41, 5.74) is 2.72. The summed E-state index contributed by atoms with van der Waals surface area (Å²) in [7, 11) is -0.324. The molecule has 2 aromatic carbocycles. The standard InChI is InChI=1S/C18H19N5O3S/c1-23(2)17-9-8-13(27(19,25)26)10-15(17)20-18(24)16-11-14(21-22-16)12-6-4-3-5-7-12/h3-11H,1-2H3,(H,20,24)(H,21,22)(H2,19,25,26). The van der Waals surface area contributed by atoms with Crippen LogP contribution in [0.15, 0.2) is 59.5 Å². The lowest BCUT2D eigenvalue weighted by Crippen LogP contribution is -2.19. The summed E-state index contributed by atoms with van der Waals surface area (Å²) >= 11 is 0. The molecule has 0 fully saturated rings. The lowest BCUT2D eigenvalue weighted by Gasteiger charge is -2.18. The van der Waals surface area contributed by atoms with Crippen molar-refractivity contribution in [1.29, 1.82) is 0 Å². The summed E-state index contributed by atoms with van der Waals surface area (Å²) in [5, 5.41) is 14.8. The quantitative estimate of drug-likeness (QED) is 0.620. The molecule has 27 heavy (non-hydrogen) atoms. The first-order valence-electron chi connectivity index (χ1n) is 8.02. The van der Waals surface area contributed by atoms with Crippen molar-refractivity contribution in [3.63, 3.8) is 0 Å². The predicted molar refractivity (Wildman–Crippen MR) is 104 cm³/mol. The van der Waals surface area contributed by atoms with Crippen LogP contribution in [0.3, 0.4) is 0 Å². The van der Waals surface area contributed by atoms with Gasteiger partial charge in [0, 0.05) is 19.7 Å². The lowest BCUT2D eigenvalue weighted by atomic mass is 10.1. The van der Waals surface area contributed by atoms with E-state index in [-0.39, 0.29) is 10.6 Å². The van der Waals surface area contributed by atoms with Crippen molar-refractivity contribution in [3.05, 3.63) is 60.3 Å². The first-order chi connectivity index (χ1) is 12.8. The van der Waals surface area contributed by atoms with E-state index in [2.05, 4.69) is 15.5 Å². The first kappa shape index (κ1) is 18.6. The molecule has 1 aromatic heterocycles. The summed E-state index contributed by atoms with van der Waals surface area (Å²) in [4.78, 5) is 14.3. The van der Waals surface area contributed by atoms with Crippen LogP contribution in [0.1, 0.15) is 10.5 Å². The Balaban J connectivity index is 1.91. The monoisotopic (exact) mass is 385 g/mol. The zero-order chi connectivity index (χ0) is 19.6. The Labute approximate surface area is 157 Å². The number of carbonyl (C=O) groups is 1. The number of nitrogens with zero attached hydrogens (tertiary/aromatic N) is 2. The molecule has 0 aliphatic heterocycles. The Hall–Kier alpha value is -3.17. The van der Waals surface area contributed by atoms with Crippen LogP contribution >= 0.6 is 0 Å². The maximum absolute atomic E-state index is 12.6. The van der Waals surface area contributed by atoms with Gasteiger partial charge in [0.2, 0.25) is 10.0 Å². The number of hydrogen-bond acceptors (Lipinski definition) is 5. The fraction of sp³-hybridized carbons (Fsp3) is 0.111. The molecule has 0 spiro atoms. The largest absolute Gasteiger partial charge is 0.376 e. The molecule has 0 aliphatic rings. The third kappa shape index (κ3) is 4.15. The number of rotatable bonds is 5. The number of amides is 1. The third-order valence-corrected chi connectivity index (χ3v) is 4.83. The Morgan fingerprint density at radius 1 is 1.11 bits per heavy atom. The normalized spacial score (nSPS) is 11.2. The number of anilines is 2. The first-order valence-corrected chi connectivity index (χ1v) is 9.56. The minimum atomic E-state index is -3.89. The van der Waals surface area contributed by atoms with Gasteiger partial charge in [0.1, 0.15) is 5.69 Å². The van der Waals surface area contributed by atoms with Gasteiger partial charge in [-0.25, -0.2) is 13.6 Å². The number of carbonyl (C=O) groups excluding carboxylic acids is 1. The summed E-state index contributed by atoms with van der Waals surface area (Å²) < 4.78 is 23.2. The zero-order valence-electron chi connectivity index (χ0n) is 14.8. The van der Waals surface area contributed by atoms with E-state index in [1.165, 1.54) is 12.1 Å². The molecule has 8 nitrogen and oxygen atoms in total. The van der Waals surface area contributed by atoms with E-state index in [9.17, 15) is 13.2 Å². The average molecular weight is 385 g/mol.